The van der Waals surface area contributed by atoms with Gasteiger partial charge in [0.15, 0.2) is 0 Å². The van der Waals surface area contributed by atoms with E-state index in [1.807, 2.05) is 42.5 Å². The highest BCUT2D eigenvalue weighted by Gasteiger charge is 2.65. The number of benzene rings is 3. The molecule has 34 heavy (non-hydrogen) atoms. The summed E-state index contributed by atoms with van der Waals surface area (Å²) >= 11 is 7.53. The van der Waals surface area contributed by atoms with E-state index in [1.165, 1.54) is 5.56 Å². The predicted octanol–water partition coefficient (Wildman–Crippen LogP) is 6.07. The minimum atomic E-state index is -0.709. The number of rotatable bonds is 6. The Labute approximate surface area is 216 Å². The molecule has 1 aliphatic carbocycles. The van der Waals surface area contributed by atoms with Crippen molar-refractivity contribution in [2.24, 2.45) is 0 Å². The normalized spacial score (nSPS) is 25.6. The van der Waals surface area contributed by atoms with Crippen molar-refractivity contribution < 1.29 is 19.4 Å². The number of hydrogen-bond donors (Lipinski definition) is 1. The lowest BCUT2D eigenvalue weighted by Crippen LogP contribution is -2.45. The van der Waals surface area contributed by atoms with Crippen molar-refractivity contribution in [2.45, 2.75) is 29.8 Å². The number of hydroxylamine groups is 2. The van der Waals surface area contributed by atoms with Gasteiger partial charge in [0, 0.05) is 20.8 Å². The van der Waals surface area contributed by atoms with Crippen molar-refractivity contribution in [1.29, 1.82) is 0 Å². The van der Waals surface area contributed by atoms with E-state index in [-0.39, 0.29) is 6.04 Å². The van der Waals surface area contributed by atoms with Gasteiger partial charge >= 0.3 is 0 Å². The maximum absolute atomic E-state index is 12.0. The lowest BCUT2D eigenvalue weighted by molar-refractivity contribution is -0.173. The van der Waals surface area contributed by atoms with Crippen LogP contribution in [0.1, 0.15) is 28.7 Å². The van der Waals surface area contributed by atoms with E-state index in [4.69, 9.17) is 14.2 Å². The third-order valence-electron chi connectivity index (χ3n) is 7.55. The SMILES string of the molecule is COc1cccc([C@]23CC(CBr)(c4cc(OC)ccc4Br)N(O)[C@H]2Cc2cccc(OC)c23)c1. The molecule has 1 N–H and O–H groups in total. The van der Waals surface area contributed by atoms with Crippen LogP contribution in [0.2, 0.25) is 0 Å². The van der Waals surface area contributed by atoms with E-state index >= 15 is 0 Å². The third-order valence-corrected chi connectivity index (χ3v) is 9.17. The van der Waals surface area contributed by atoms with E-state index in [9.17, 15) is 5.21 Å². The lowest BCUT2D eigenvalue weighted by Gasteiger charge is -2.36. The molecule has 5 nitrogen and oxygen atoms in total. The van der Waals surface area contributed by atoms with Crippen molar-refractivity contribution in [3.8, 4) is 17.2 Å². The molecule has 2 aliphatic rings. The number of nitrogens with zero attached hydrogens (tertiary/aromatic N) is 1. The Bertz CT molecular complexity index is 1240. The van der Waals surface area contributed by atoms with Crippen LogP contribution in [0.5, 0.6) is 17.2 Å². The molecule has 3 aromatic carbocycles. The molecule has 3 aromatic rings. The molecule has 5 rings (SSSR count). The fraction of sp³-hybridized carbons (Fsp3) is 0.333. The van der Waals surface area contributed by atoms with Crippen molar-refractivity contribution in [3.05, 3.63) is 87.4 Å². The fourth-order valence-electron chi connectivity index (χ4n) is 6.04. The van der Waals surface area contributed by atoms with Gasteiger partial charge in [-0.1, -0.05) is 56.1 Å². The first kappa shape index (κ1) is 23.7. The van der Waals surface area contributed by atoms with Gasteiger partial charge in [-0.25, -0.2) is 0 Å². The maximum atomic E-state index is 12.0. The molecular weight excluding hydrogens is 562 g/mol. The van der Waals surface area contributed by atoms with Gasteiger partial charge in [-0.05, 0) is 65.9 Å². The van der Waals surface area contributed by atoms with Crippen LogP contribution in [0.25, 0.3) is 0 Å². The van der Waals surface area contributed by atoms with Gasteiger partial charge in [0.05, 0.1) is 32.9 Å². The number of fused-ring (bicyclic) bond motifs is 3. The summed E-state index contributed by atoms with van der Waals surface area (Å²) in [5.41, 5.74) is 3.18. The molecule has 1 aliphatic heterocycles. The molecule has 0 bridgehead atoms. The standard InChI is InChI=1S/C27H27Br2NO4/c1-32-19-8-5-7-18(13-19)27-15-26(16-28,21-14-20(33-2)10-11-22(21)29)30(31)24(27)12-17-6-4-9-23(34-3)25(17)27/h4-11,13-14,24,31H,12,15-16H2,1-3H3/t24-,26?,27+/m0/s1. The van der Waals surface area contributed by atoms with Gasteiger partial charge < -0.3 is 19.4 Å². The zero-order valence-corrected chi connectivity index (χ0v) is 22.5. The van der Waals surface area contributed by atoms with Gasteiger partial charge in [-0.2, -0.15) is 5.06 Å². The quantitative estimate of drug-likeness (QED) is 0.354. The van der Waals surface area contributed by atoms with Crippen LogP contribution in [0.15, 0.2) is 65.1 Å². The van der Waals surface area contributed by atoms with E-state index in [0.717, 1.165) is 38.4 Å². The average molecular weight is 589 g/mol. The number of methoxy groups -OCH3 is 3. The molecule has 178 valence electrons. The van der Waals surface area contributed by atoms with E-state index < -0.39 is 11.0 Å². The Kier molecular flexibility index (Phi) is 6.17. The molecule has 0 spiro atoms. The summed E-state index contributed by atoms with van der Waals surface area (Å²) in [4.78, 5) is 0. The number of hydrogen-bond acceptors (Lipinski definition) is 5. The second-order valence-electron chi connectivity index (χ2n) is 8.95. The van der Waals surface area contributed by atoms with E-state index in [2.05, 4.69) is 50.1 Å². The van der Waals surface area contributed by atoms with Gasteiger partial charge in [0.25, 0.3) is 0 Å². The summed E-state index contributed by atoms with van der Waals surface area (Å²) in [6.07, 6.45) is 1.34. The molecule has 0 saturated carbocycles. The minimum absolute atomic E-state index is 0.193. The highest BCUT2D eigenvalue weighted by atomic mass is 79.9. The van der Waals surface area contributed by atoms with Crippen molar-refractivity contribution >= 4 is 31.9 Å². The highest BCUT2D eigenvalue weighted by molar-refractivity contribution is 9.10. The number of ether oxygens (including phenoxy) is 3. The van der Waals surface area contributed by atoms with Gasteiger partial charge in [0.1, 0.15) is 17.2 Å². The summed E-state index contributed by atoms with van der Waals surface area (Å²) in [5, 5.41) is 14.1. The summed E-state index contributed by atoms with van der Waals surface area (Å²) in [5.74, 6) is 2.38. The van der Waals surface area contributed by atoms with Gasteiger partial charge in [0.2, 0.25) is 0 Å². The average Bonchev–Trinajstić information content (AvgIpc) is 3.34. The maximum Gasteiger partial charge on any atom is 0.123 e. The summed E-state index contributed by atoms with van der Waals surface area (Å²) in [7, 11) is 5.05. The minimum Gasteiger partial charge on any atom is -0.497 e. The molecule has 1 fully saturated rings. The second kappa shape index (κ2) is 8.86. The molecule has 1 heterocycles. The third kappa shape index (κ3) is 3.24. The molecule has 1 unspecified atom stereocenters. The van der Waals surface area contributed by atoms with Crippen LogP contribution < -0.4 is 14.2 Å². The first-order valence-electron chi connectivity index (χ1n) is 11.1. The molecule has 0 amide bonds. The number of alkyl halides is 1. The van der Waals surface area contributed by atoms with Crippen LogP contribution in [0.4, 0.5) is 0 Å². The van der Waals surface area contributed by atoms with Crippen LogP contribution in [0, 0.1) is 0 Å². The first-order chi connectivity index (χ1) is 16.4. The second-order valence-corrected chi connectivity index (χ2v) is 10.4. The Morgan fingerprint density at radius 2 is 1.71 bits per heavy atom. The molecule has 0 aromatic heterocycles. The molecule has 3 atom stereocenters. The summed E-state index contributed by atoms with van der Waals surface area (Å²) in [6.45, 7) is 0. The molecule has 1 saturated heterocycles. The van der Waals surface area contributed by atoms with Crippen molar-refractivity contribution in [1.82, 2.24) is 5.06 Å². The fourth-order valence-corrected chi connectivity index (χ4v) is 7.41. The smallest absolute Gasteiger partial charge is 0.123 e. The lowest BCUT2D eigenvalue weighted by atomic mass is 9.68. The molecule has 7 heteroatoms. The Morgan fingerprint density at radius 3 is 2.41 bits per heavy atom. The van der Waals surface area contributed by atoms with Crippen molar-refractivity contribution in [3.63, 3.8) is 0 Å². The predicted molar refractivity (Wildman–Crippen MR) is 139 cm³/mol. The zero-order chi connectivity index (χ0) is 24.1. The van der Waals surface area contributed by atoms with Crippen LogP contribution in [0.3, 0.4) is 0 Å². The van der Waals surface area contributed by atoms with Crippen LogP contribution in [-0.4, -0.2) is 43.0 Å². The Hall–Kier alpha value is -2.06. The Balaban J connectivity index is 1.80. The first-order valence-corrected chi connectivity index (χ1v) is 13.1. The highest BCUT2D eigenvalue weighted by Crippen LogP contribution is 2.63. The summed E-state index contributed by atoms with van der Waals surface area (Å²) < 4.78 is 18.0. The van der Waals surface area contributed by atoms with Gasteiger partial charge in [-0.15, -0.1) is 0 Å². The largest absolute Gasteiger partial charge is 0.497 e. The van der Waals surface area contributed by atoms with E-state index in [0.29, 0.717) is 18.2 Å². The summed E-state index contributed by atoms with van der Waals surface area (Å²) in [6, 6.07) is 20.1. The molecule has 0 radical (unpaired) electrons. The monoisotopic (exact) mass is 587 g/mol. The van der Waals surface area contributed by atoms with E-state index in [1.54, 1.807) is 26.4 Å². The number of halogens is 2. The topological polar surface area (TPSA) is 51.2 Å². The van der Waals surface area contributed by atoms with Crippen LogP contribution in [-0.2, 0) is 17.4 Å². The zero-order valence-electron chi connectivity index (χ0n) is 19.3. The Morgan fingerprint density at radius 1 is 0.971 bits per heavy atom. The van der Waals surface area contributed by atoms with Gasteiger partial charge in [-0.3, -0.25) is 0 Å². The molecular formula is C27H27Br2NO4. The van der Waals surface area contributed by atoms with Crippen molar-refractivity contribution in [2.75, 3.05) is 26.7 Å². The van der Waals surface area contributed by atoms with Crippen LogP contribution >= 0.6 is 31.9 Å².